The number of esters is 1. The summed E-state index contributed by atoms with van der Waals surface area (Å²) in [6.45, 7) is 9.76. The number of unbranched alkanes of at least 4 members (excludes halogenated alkanes) is 1. The fraction of sp³-hybridized carbons (Fsp3) is 0.474. The van der Waals surface area contributed by atoms with E-state index in [2.05, 4.69) is 34.4 Å². The lowest BCUT2D eigenvalue weighted by Crippen LogP contribution is -2.57. The highest BCUT2D eigenvalue weighted by Gasteiger charge is 2.77. The van der Waals surface area contributed by atoms with Gasteiger partial charge in [-0.3, -0.25) is 19.2 Å². The zero-order valence-corrected chi connectivity index (χ0v) is 29.5. The van der Waals surface area contributed by atoms with Crippen LogP contribution in [0.25, 0.3) is 0 Å². The average molecular weight is 737 g/mol. The van der Waals surface area contributed by atoms with Gasteiger partial charge in [0.05, 0.1) is 36.6 Å². The second-order valence-electron chi connectivity index (χ2n) is 12.9. The molecule has 1 unspecified atom stereocenters. The zero-order chi connectivity index (χ0) is 35.1. The SMILES string of the molecule is C=CCCC(=O)OC[C@H](NC(=O)[C@@H]1[C@H]2O[C@@]3(CC2Br)[C@H](C(=O)N(CC=C)CCCC)N([C@H](CO)c2ccccc2)C(=O)[C@@H]13)c1ccccc1. The molecule has 0 aromatic heterocycles. The number of carbonyl (C=O) groups excluding carboxylic acids is 4. The largest absolute Gasteiger partial charge is 0.463 e. The predicted octanol–water partition coefficient (Wildman–Crippen LogP) is 4.65. The van der Waals surface area contributed by atoms with Gasteiger partial charge in [0.25, 0.3) is 0 Å². The van der Waals surface area contributed by atoms with Crippen molar-refractivity contribution in [3.8, 4) is 0 Å². The van der Waals surface area contributed by atoms with Gasteiger partial charge in [-0.2, -0.15) is 0 Å². The van der Waals surface area contributed by atoms with Crippen LogP contribution in [0, 0.1) is 11.8 Å². The first-order chi connectivity index (χ1) is 23.7. The Morgan fingerprint density at radius 2 is 1.80 bits per heavy atom. The number of amides is 3. The molecule has 3 saturated heterocycles. The van der Waals surface area contributed by atoms with Crippen LogP contribution in [0.2, 0.25) is 0 Å². The van der Waals surface area contributed by atoms with Crippen molar-refractivity contribution in [1.29, 1.82) is 0 Å². The number of nitrogens with one attached hydrogen (secondary N) is 1. The number of benzene rings is 2. The van der Waals surface area contributed by atoms with Crippen LogP contribution >= 0.6 is 15.9 Å². The maximum Gasteiger partial charge on any atom is 0.306 e. The van der Waals surface area contributed by atoms with E-state index >= 15 is 0 Å². The summed E-state index contributed by atoms with van der Waals surface area (Å²) in [7, 11) is 0. The number of alkyl halides is 1. The van der Waals surface area contributed by atoms with Crippen molar-refractivity contribution in [3.63, 3.8) is 0 Å². The summed E-state index contributed by atoms with van der Waals surface area (Å²) in [6.07, 6.45) is 5.20. The van der Waals surface area contributed by atoms with Gasteiger partial charge in [0.2, 0.25) is 17.7 Å². The molecule has 3 aliphatic rings. The second kappa shape index (κ2) is 16.3. The van der Waals surface area contributed by atoms with Crippen molar-refractivity contribution in [3.05, 3.63) is 97.1 Å². The van der Waals surface area contributed by atoms with Crippen LogP contribution in [-0.4, -0.2) is 87.5 Å². The van der Waals surface area contributed by atoms with Crippen LogP contribution in [0.4, 0.5) is 0 Å². The van der Waals surface area contributed by atoms with Crippen molar-refractivity contribution in [2.75, 3.05) is 26.3 Å². The monoisotopic (exact) mass is 735 g/mol. The summed E-state index contributed by atoms with van der Waals surface area (Å²) in [5, 5.41) is 13.9. The van der Waals surface area contributed by atoms with E-state index in [1.54, 1.807) is 17.1 Å². The normalized spacial score (nSPS) is 26.5. The van der Waals surface area contributed by atoms with Gasteiger partial charge < -0.3 is 29.7 Å². The van der Waals surface area contributed by atoms with Crippen molar-refractivity contribution >= 4 is 39.6 Å². The van der Waals surface area contributed by atoms with Gasteiger partial charge in [0.15, 0.2) is 0 Å². The quantitative estimate of drug-likeness (QED) is 0.138. The van der Waals surface area contributed by atoms with Gasteiger partial charge in [-0.1, -0.05) is 102 Å². The van der Waals surface area contributed by atoms with Gasteiger partial charge in [-0.05, 0) is 30.4 Å². The highest BCUT2D eigenvalue weighted by Crippen LogP contribution is 2.61. The fourth-order valence-corrected chi connectivity index (χ4v) is 8.57. The number of aliphatic hydroxyl groups excluding tert-OH is 1. The summed E-state index contributed by atoms with van der Waals surface area (Å²) >= 11 is 3.74. The number of fused-ring (bicyclic) bond motifs is 1. The molecule has 2 aromatic carbocycles. The number of hydrogen-bond acceptors (Lipinski definition) is 7. The Hall–Kier alpha value is -3.80. The van der Waals surface area contributed by atoms with Crippen molar-refractivity contribution in [2.45, 2.75) is 73.7 Å². The van der Waals surface area contributed by atoms with Crippen LogP contribution in [-0.2, 0) is 28.7 Å². The van der Waals surface area contributed by atoms with E-state index in [0.717, 1.165) is 18.4 Å². The average Bonchev–Trinajstić information content (AvgIpc) is 3.71. The first-order valence-corrected chi connectivity index (χ1v) is 17.9. The molecule has 10 nitrogen and oxygen atoms in total. The van der Waals surface area contributed by atoms with Gasteiger partial charge >= 0.3 is 5.97 Å². The summed E-state index contributed by atoms with van der Waals surface area (Å²) in [5.41, 5.74) is 0.0847. The molecular weight excluding hydrogens is 690 g/mol. The molecule has 3 heterocycles. The Kier molecular flexibility index (Phi) is 12.1. The molecule has 8 atom stereocenters. The minimum absolute atomic E-state index is 0.104. The van der Waals surface area contributed by atoms with Gasteiger partial charge in [-0.15, -0.1) is 13.2 Å². The highest BCUT2D eigenvalue weighted by atomic mass is 79.9. The number of ether oxygens (including phenoxy) is 2. The van der Waals surface area contributed by atoms with Crippen LogP contribution < -0.4 is 5.32 Å². The molecule has 0 saturated carbocycles. The minimum Gasteiger partial charge on any atom is -0.463 e. The van der Waals surface area contributed by atoms with Crippen LogP contribution in [0.1, 0.15) is 62.2 Å². The molecule has 262 valence electrons. The lowest BCUT2D eigenvalue weighted by atomic mass is 9.70. The molecule has 0 aliphatic carbocycles. The van der Waals surface area contributed by atoms with Gasteiger partial charge in [-0.25, -0.2) is 0 Å². The van der Waals surface area contributed by atoms with E-state index in [0.29, 0.717) is 24.9 Å². The number of nitrogens with zero attached hydrogens (tertiary/aromatic N) is 2. The Morgan fingerprint density at radius 1 is 1.12 bits per heavy atom. The molecule has 49 heavy (non-hydrogen) atoms. The molecule has 3 amide bonds. The van der Waals surface area contributed by atoms with E-state index in [1.807, 2.05) is 67.6 Å². The third kappa shape index (κ3) is 7.25. The molecule has 2 aromatic rings. The Bertz CT molecular complexity index is 1510. The van der Waals surface area contributed by atoms with Crippen LogP contribution in [0.3, 0.4) is 0 Å². The first-order valence-electron chi connectivity index (χ1n) is 17.0. The van der Waals surface area contributed by atoms with Crippen molar-refractivity contribution in [1.82, 2.24) is 15.1 Å². The number of rotatable bonds is 17. The third-order valence-electron chi connectivity index (χ3n) is 9.88. The van der Waals surface area contributed by atoms with E-state index in [9.17, 15) is 24.3 Å². The first kappa shape index (κ1) is 36.5. The standard InChI is InChI=1S/C38H46BrN3O7/c1-4-7-19-30(44)48-24-28(25-15-11-9-12-16-25)40-35(45)31-32-36(46)42(29(23-43)26-17-13-10-14-18-26)34(38(32)22-27(39)33(31)49-38)37(47)41(20-6-3)21-8-5-2/h4,6,9-18,27-29,31-34,43H,1,3,5,7-8,19-24H2,2H3,(H,40,45)/t27?,28-,29+,31-,32+,33-,34-,38+/m0/s1. The molecule has 1 spiro atoms. The van der Waals surface area contributed by atoms with Crippen LogP contribution in [0.15, 0.2) is 86.0 Å². The number of halogens is 1. The summed E-state index contributed by atoms with van der Waals surface area (Å²) in [6, 6.07) is 15.7. The maximum atomic E-state index is 14.8. The number of allylic oxidation sites excluding steroid dienone is 1. The van der Waals surface area contributed by atoms with Gasteiger partial charge in [0, 0.05) is 24.3 Å². The van der Waals surface area contributed by atoms with Crippen LogP contribution in [0.5, 0.6) is 0 Å². The van der Waals surface area contributed by atoms with E-state index in [1.165, 1.54) is 4.90 Å². The lowest BCUT2D eigenvalue weighted by Gasteiger charge is -2.39. The van der Waals surface area contributed by atoms with Crippen molar-refractivity contribution in [2.24, 2.45) is 11.8 Å². The fourth-order valence-electron chi connectivity index (χ4n) is 7.62. The highest BCUT2D eigenvalue weighted by molar-refractivity contribution is 9.09. The molecule has 3 fully saturated rings. The number of likely N-dealkylation sites (tertiary alicyclic amines) is 1. The zero-order valence-electron chi connectivity index (χ0n) is 27.9. The van der Waals surface area contributed by atoms with Crippen molar-refractivity contribution < 1.29 is 33.8 Å². The number of aliphatic hydroxyl groups is 1. The molecular formula is C38H46BrN3O7. The maximum absolute atomic E-state index is 14.8. The number of hydrogen-bond donors (Lipinski definition) is 2. The molecule has 2 N–H and O–H groups in total. The van der Waals surface area contributed by atoms with E-state index < -0.39 is 66.1 Å². The molecule has 0 radical (unpaired) electrons. The molecule has 3 aliphatic heterocycles. The third-order valence-corrected chi connectivity index (χ3v) is 10.7. The summed E-state index contributed by atoms with van der Waals surface area (Å²) < 4.78 is 12.3. The predicted molar refractivity (Wildman–Crippen MR) is 188 cm³/mol. The number of carbonyl (C=O) groups is 4. The topological polar surface area (TPSA) is 125 Å². The molecule has 11 heteroatoms. The lowest BCUT2D eigenvalue weighted by molar-refractivity contribution is -0.151. The van der Waals surface area contributed by atoms with E-state index in [-0.39, 0.29) is 30.3 Å². The summed E-state index contributed by atoms with van der Waals surface area (Å²) in [4.78, 5) is 59.2. The smallest absolute Gasteiger partial charge is 0.306 e. The van der Waals surface area contributed by atoms with Gasteiger partial charge in [0.1, 0.15) is 18.2 Å². The second-order valence-corrected chi connectivity index (χ2v) is 14.1. The Morgan fingerprint density at radius 3 is 2.41 bits per heavy atom. The molecule has 5 rings (SSSR count). The Labute approximate surface area is 296 Å². The van der Waals surface area contributed by atoms with E-state index in [4.69, 9.17) is 9.47 Å². The minimum atomic E-state index is -1.32. The molecule has 2 bridgehead atoms. The Balaban J connectivity index is 1.52. The summed E-state index contributed by atoms with van der Waals surface area (Å²) in [5.74, 6) is -3.50.